The highest BCUT2D eigenvalue weighted by Gasteiger charge is 2.04. The van der Waals surface area contributed by atoms with Crippen LogP contribution in [0.4, 0.5) is 4.39 Å². The van der Waals surface area contributed by atoms with E-state index in [1.165, 1.54) is 19.2 Å². The van der Waals surface area contributed by atoms with Gasteiger partial charge in [-0.2, -0.15) is 0 Å². The van der Waals surface area contributed by atoms with Crippen LogP contribution in [0.1, 0.15) is 0 Å². The van der Waals surface area contributed by atoms with Gasteiger partial charge in [0.1, 0.15) is 11.0 Å². The van der Waals surface area contributed by atoms with Crippen molar-refractivity contribution in [3.05, 3.63) is 47.4 Å². The number of rotatable bonds is 2. The summed E-state index contributed by atoms with van der Waals surface area (Å²) in [6, 6.07) is 9.65. The Balaban J connectivity index is 2.51. The van der Waals surface area contributed by atoms with Crippen LogP contribution in [0.15, 0.2) is 36.4 Å². The summed E-state index contributed by atoms with van der Waals surface area (Å²) in [5.41, 5.74) is 1.51. The van der Waals surface area contributed by atoms with Crippen LogP contribution < -0.4 is 4.74 Å². The Hall–Kier alpha value is -1.61. The summed E-state index contributed by atoms with van der Waals surface area (Å²) in [6.07, 6.45) is 0. The lowest BCUT2D eigenvalue weighted by atomic mass is 10.1. The minimum Gasteiger partial charge on any atom is -0.481 e. The first kappa shape index (κ1) is 10.9. The van der Waals surface area contributed by atoms with Gasteiger partial charge in [0.2, 0.25) is 5.88 Å². The monoisotopic (exact) mass is 237 g/mol. The van der Waals surface area contributed by atoms with E-state index in [9.17, 15) is 4.39 Å². The van der Waals surface area contributed by atoms with E-state index in [0.29, 0.717) is 11.0 Å². The van der Waals surface area contributed by atoms with Crippen molar-refractivity contribution in [2.75, 3.05) is 7.11 Å². The number of hydrogen-bond donors (Lipinski definition) is 0. The molecule has 0 fully saturated rings. The highest BCUT2D eigenvalue weighted by molar-refractivity contribution is 6.29. The summed E-state index contributed by atoms with van der Waals surface area (Å²) < 4.78 is 18.1. The van der Waals surface area contributed by atoms with Crippen molar-refractivity contribution >= 4 is 11.6 Å². The Morgan fingerprint density at radius 3 is 2.69 bits per heavy atom. The van der Waals surface area contributed by atoms with Crippen molar-refractivity contribution in [1.29, 1.82) is 0 Å². The summed E-state index contributed by atoms with van der Waals surface area (Å²) in [7, 11) is 1.51. The quantitative estimate of drug-likeness (QED) is 0.746. The van der Waals surface area contributed by atoms with Gasteiger partial charge in [0.15, 0.2) is 0 Å². The van der Waals surface area contributed by atoms with Gasteiger partial charge in [-0.3, -0.25) is 0 Å². The molecule has 2 rings (SSSR count). The average Bonchev–Trinajstić information content (AvgIpc) is 2.28. The second kappa shape index (κ2) is 4.49. The van der Waals surface area contributed by atoms with Crippen LogP contribution in [-0.2, 0) is 0 Å². The number of hydrogen-bond acceptors (Lipinski definition) is 2. The number of ether oxygens (including phenoxy) is 1. The molecule has 82 valence electrons. The Kier molecular flexibility index (Phi) is 3.06. The third kappa shape index (κ3) is 2.31. The third-order valence-electron chi connectivity index (χ3n) is 2.14. The number of nitrogens with zero attached hydrogens (tertiary/aromatic N) is 1. The molecule has 0 atom stereocenters. The first-order chi connectivity index (χ1) is 7.69. The van der Waals surface area contributed by atoms with Crippen molar-refractivity contribution in [3.63, 3.8) is 0 Å². The Bertz CT molecular complexity index is 516. The normalized spacial score (nSPS) is 10.2. The standard InChI is InChI=1S/C12H9ClFNO/c1-16-12-7-9(6-11(13)15-12)8-3-2-4-10(14)5-8/h2-7H,1H3. The molecule has 16 heavy (non-hydrogen) atoms. The van der Waals surface area contributed by atoms with Crippen LogP contribution in [0.5, 0.6) is 5.88 Å². The molecule has 0 saturated heterocycles. The molecule has 2 nitrogen and oxygen atoms in total. The van der Waals surface area contributed by atoms with Crippen LogP contribution in [0, 0.1) is 5.82 Å². The first-order valence-electron chi connectivity index (χ1n) is 4.66. The molecule has 0 aliphatic carbocycles. The van der Waals surface area contributed by atoms with E-state index in [-0.39, 0.29) is 5.82 Å². The fourth-order valence-electron chi connectivity index (χ4n) is 1.41. The van der Waals surface area contributed by atoms with Crippen LogP contribution >= 0.6 is 11.6 Å². The van der Waals surface area contributed by atoms with Gasteiger partial charge < -0.3 is 4.74 Å². The van der Waals surface area contributed by atoms with Gasteiger partial charge in [0, 0.05) is 6.07 Å². The van der Waals surface area contributed by atoms with Crippen LogP contribution in [0.3, 0.4) is 0 Å². The third-order valence-corrected chi connectivity index (χ3v) is 2.33. The van der Waals surface area contributed by atoms with Crippen LogP contribution in [0.2, 0.25) is 5.15 Å². The lowest BCUT2D eigenvalue weighted by Crippen LogP contribution is -1.89. The Morgan fingerprint density at radius 2 is 2.00 bits per heavy atom. The molecule has 1 aromatic carbocycles. The van der Waals surface area contributed by atoms with Gasteiger partial charge in [-0.15, -0.1) is 0 Å². The maximum Gasteiger partial charge on any atom is 0.214 e. The minimum absolute atomic E-state index is 0.288. The van der Waals surface area contributed by atoms with Crippen molar-refractivity contribution in [3.8, 4) is 17.0 Å². The molecule has 1 aromatic heterocycles. The molecular formula is C12H9ClFNO. The van der Waals surface area contributed by atoms with Crippen LogP contribution in [-0.4, -0.2) is 12.1 Å². The molecular weight excluding hydrogens is 229 g/mol. The molecule has 0 aliphatic heterocycles. The van der Waals surface area contributed by atoms with E-state index >= 15 is 0 Å². The van der Waals surface area contributed by atoms with Crippen LogP contribution in [0.25, 0.3) is 11.1 Å². The molecule has 0 saturated carbocycles. The summed E-state index contributed by atoms with van der Waals surface area (Å²) in [5, 5.41) is 0.318. The highest BCUT2D eigenvalue weighted by atomic mass is 35.5. The van der Waals surface area contributed by atoms with Crippen molar-refractivity contribution in [1.82, 2.24) is 4.98 Å². The molecule has 2 aromatic rings. The largest absolute Gasteiger partial charge is 0.481 e. The summed E-state index contributed by atoms with van der Waals surface area (Å²) >= 11 is 5.83. The number of methoxy groups -OCH3 is 1. The van der Waals surface area contributed by atoms with E-state index in [1.807, 2.05) is 0 Å². The van der Waals surface area contributed by atoms with Gasteiger partial charge in [-0.1, -0.05) is 23.7 Å². The van der Waals surface area contributed by atoms with Gasteiger partial charge in [-0.05, 0) is 29.3 Å². The van der Waals surface area contributed by atoms with E-state index in [4.69, 9.17) is 16.3 Å². The van der Waals surface area contributed by atoms with Crippen molar-refractivity contribution < 1.29 is 9.13 Å². The Morgan fingerprint density at radius 1 is 1.19 bits per heavy atom. The molecule has 0 bridgehead atoms. The smallest absolute Gasteiger partial charge is 0.214 e. The SMILES string of the molecule is COc1cc(-c2cccc(F)c2)cc(Cl)n1. The second-order valence-electron chi connectivity index (χ2n) is 3.23. The number of pyridine rings is 1. The zero-order valence-corrected chi connectivity index (χ0v) is 9.33. The zero-order chi connectivity index (χ0) is 11.5. The first-order valence-corrected chi connectivity index (χ1v) is 5.04. The minimum atomic E-state index is -0.288. The molecule has 0 amide bonds. The lowest BCUT2D eigenvalue weighted by Gasteiger charge is -2.05. The molecule has 0 unspecified atom stereocenters. The predicted octanol–water partition coefficient (Wildman–Crippen LogP) is 3.55. The maximum atomic E-state index is 13.1. The Labute approximate surface area is 97.7 Å². The van der Waals surface area contributed by atoms with Crippen molar-refractivity contribution in [2.45, 2.75) is 0 Å². The van der Waals surface area contributed by atoms with E-state index in [0.717, 1.165) is 11.1 Å². The van der Waals surface area contributed by atoms with Gasteiger partial charge in [-0.25, -0.2) is 9.37 Å². The zero-order valence-electron chi connectivity index (χ0n) is 8.58. The summed E-state index contributed by atoms with van der Waals surface area (Å²) in [6.45, 7) is 0. The molecule has 0 spiro atoms. The van der Waals surface area contributed by atoms with Gasteiger partial charge in [0.25, 0.3) is 0 Å². The highest BCUT2D eigenvalue weighted by Crippen LogP contribution is 2.26. The van der Waals surface area contributed by atoms with Gasteiger partial charge >= 0.3 is 0 Å². The van der Waals surface area contributed by atoms with E-state index in [1.54, 1.807) is 24.3 Å². The number of halogens is 2. The summed E-state index contributed by atoms with van der Waals surface area (Å²) in [4.78, 5) is 3.95. The number of aromatic nitrogens is 1. The predicted molar refractivity (Wildman–Crippen MR) is 61.2 cm³/mol. The second-order valence-corrected chi connectivity index (χ2v) is 3.62. The molecule has 0 N–H and O–H groups in total. The molecule has 1 heterocycles. The summed E-state index contributed by atoms with van der Waals surface area (Å²) in [5.74, 6) is 0.121. The molecule has 0 radical (unpaired) electrons. The van der Waals surface area contributed by atoms with E-state index in [2.05, 4.69) is 4.98 Å². The lowest BCUT2D eigenvalue weighted by molar-refractivity contribution is 0.398. The van der Waals surface area contributed by atoms with Gasteiger partial charge in [0.05, 0.1) is 7.11 Å². The fraction of sp³-hybridized carbons (Fsp3) is 0.0833. The van der Waals surface area contributed by atoms with E-state index < -0.39 is 0 Å². The molecule has 4 heteroatoms. The maximum absolute atomic E-state index is 13.1. The fourth-order valence-corrected chi connectivity index (χ4v) is 1.61. The average molecular weight is 238 g/mol. The van der Waals surface area contributed by atoms with Crippen molar-refractivity contribution in [2.24, 2.45) is 0 Å². The number of benzene rings is 1. The topological polar surface area (TPSA) is 22.1 Å². The molecule has 0 aliphatic rings.